The van der Waals surface area contributed by atoms with E-state index < -0.39 is 0 Å². The van der Waals surface area contributed by atoms with Gasteiger partial charge in [-0.05, 0) is 36.8 Å². The van der Waals surface area contributed by atoms with Gasteiger partial charge in [0.1, 0.15) is 0 Å². The molecule has 2 aromatic carbocycles. The molecule has 160 valence electrons. The van der Waals surface area contributed by atoms with Crippen LogP contribution in [0.5, 0.6) is 11.5 Å². The maximum atomic E-state index is 12.7. The Bertz CT molecular complexity index is 922. The SMILES string of the molecule is CCOc1c(Cl)cc(CNC(=O)CCC(=O)N2CCSc3ccccc32)cc1OC. The number of hydrogen-bond donors (Lipinski definition) is 1. The molecule has 30 heavy (non-hydrogen) atoms. The molecule has 3 rings (SSSR count). The van der Waals surface area contributed by atoms with E-state index in [0.29, 0.717) is 36.2 Å². The summed E-state index contributed by atoms with van der Waals surface area (Å²) in [7, 11) is 1.54. The van der Waals surface area contributed by atoms with Gasteiger partial charge in [0.25, 0.3) is 0 Å². The maximum absolute atomic E-state index is 12.7. The summed E-state index contributed by atoms with van der Waals surface area (Å²) in [6, 6.07) is 11.4. The van der Waals surface area contributed by atoms with Crippen LogP contribution in [-0.2, 0) is 16.1 Å². The average Bonchev–Trinajstić information content (AvgIpc) is 2.77. The fourth-order valence-electron chi connectivity index (χ4n) is 3.23. The van der Waals surface area contributed by atoms with Crippen LogP contribution in [0.2, 0.25) is 5.02 Å². The first-order valence-electron chi connectivity index (χ1n) is 9.81. The largest absolute Gasteiger partial charge is 0.493 e. The minimum atomic E-state index is -0.188. The molecule has 6 nitrogen and oxygen atoms in total. The number of fused-ring (bicyclic) bond motifs is 1. The third-order valence-electron chi connectivity index (χ3n) is 4.66. The number of hydrogen-bond acceptors (Lipinski definition) is 5. The van der Waals surface area contributed by atoms with Gasteiger partial charge < -0.3 is 19.7 Å². The molecular weight excluding hydrogens is 424 g/mol. The van der Waals surface area contributed by atoms with Crippen molar-refractivity contribution in [3.8, 4) is 11.5 Å². The molecule has 0 bridgehead atoms. The normalized spacial score (nSPS) is 12.8. The van der Waals surface area contributed by atoms with Crippen molar-refractivity contribution >= 4 is 40.9 Å². The lowest BCUT2D eigenvalue weighted by Crippen LogP contribution is -2.36. The predicted molar refractivity (Wildman–Crippen MR) is 120 cm³/mol. The zero-order chi connectivity index (χ0) is 21.5. The van der Waals surface area contributed by atoms with Crippen LogP contribution in [0.4, 0.5) is 5.69 Å². The van der Waals surface area contributed by atoms with E-state index in [1.54, 1.807) is 35.9 Å². The van der Waals surface area contributed by atoms with Crippen LogP contribution in [0.15, 0.2) is 41.3 Å². The van der Waals surface area contributed by atoms with Gasteiger partial charge in [0.05, 0.1) is 24.4 Å². The van der Waals surface area contributed by atoms with E-state index in [-0.39, 0.29) is 24.7 Å². The van der Waals surface area contributed by atoms with Gasteiger partial charge in [-0.1, -0.05) is 23.7 Å². The molecule has 0 radical (unpaired) electrons. The molecule has 8 heteroatoms. The fraction of sp³-hybridized carbons (Fsp3) is 0.364. The van der Waals surface area contributed by atoms with Crippen LogP contribution >= 0.6 is 23.4 Å². The summed E-state index contributed by atoms with van der Waals surface area (Å²) < 4.78 is 10.8. The number of carbonyl (C=O) groups is 2. The minimum absolute atomic E-state index is 0.0383. The van der Waals surface area contributed by atoms with E-state index in [9.17, 15) is 9.59 Å². The Morgan fingerprint density at radius 2 is 2.03 bits per heavy atom. The van der Waals surface area contributed by atoms with Crippen molar-refractivity contribution in [3.63, 3.8) is 0 Å². The van der Waals surface area contributed by atoms with Gasteiger partial charge in [0.2, 0.25) is 11.8 Å². The van der Waals surface area contributed by atoms with Gasteiger partial charge in [-0.25, -0.2) is 0 Å². The summed E-state index contributed by atoms with van der Waals surface area (Å²) in [5.74, 6) is 1.64. The summed E-state index contributed by atoms with van der Waals surface area (Å²) in [4.78, 5) is 27.8. The monoisotopic (exact) mass is 448 g/mol. The number of thioether (sulfide) groups is 1. The highest BCUT2D eigenvalue weighted by molar-refractivity contribution is 7.99. The summed E-state index contributed by atoms with van der Waals surface area (Å²) in [5.41, 5.74) is 1.72. The topological polar surface area (TPSA) is 67.9 Å². The highest BCUT2D eigenvalue weighted by atomic mass is 35.5. The molecule has 1 aliphatic rings. The molecule has 0 saturated heterocycles. The molecule has 0 fully saturated rings. The first kappa shape index (κ1) is 22.3. The Balaban J connectivity index is 1.53. The van der Waals surface area contributed by atoms with Crippen LogP contribution in [0.3, 0.4) is 0 Å². The van der Waals surface area contributed by atoms with E-state index in [1.807, 2.05) is 31.2 Å². The number of nitrogens with one attached hydrogen (secondary N) is 1. The van der Waals surface area contributed by atoms with Crippen molar-refractivity contribution in [1.29, 1.82) is 0 Å². The molecule has 2 aromatic rings. The first-order valence-corrected chi connectivity index (χ1v) is 11.2. The van der Waals surface area contributed by atoms with E-state index in [2.05, 4.69) is 5.32 Å². The Hall–Kier alpha value is -2.38. The minimum Gasteiger partial charge on any atom is -0.493 e. The summed E-state index contributed by atoms with van der Waals surface area (Å²) in [6.45, 7) is 3.29. The lowest BCUT2D eigenvalue weighted by Gasteiger charge is -2.29. The highest BCUT2D eigenvalue weighted by Crippen LogP contribution is 2.36. The van der Waals surface area contributed by atoms with E-state index >= 15 is 0 Å². The van der Waals surface area contributed by atoms with Crippen LogP contribution in [0, 0.1) is 0 Å². The first-order chi connectivity index (χ1) is 14.5. The fourth-order valence-corrected chi connectivity index (χ4v) is 4.52. The second-order valence-corrected chi connectivity index (χ2v) is 8.22. The molecule has 0 atom stereocenters. The van der Waals surface area contributed by atoms with Gasteiger partial charge in [-0.2, -0.15) is 0 Å². The van der Waals surface area contributed by atoms with Crippen molar-refractivity contribution in [2.75, 3.05) is 30.9 Å². The van der Waals surface area contributed by atoms with Crippen molar-refractivity contribution in [2.45, 2.75) is 31.2 Å². The lowest BCUT2D eigenvalue weighted by molar-refractivity contribution is -0.125. The molecule has 0 aromatic heterocycles. The Labute approximate surface area is 185 Å². The molecule has 1 heterocycles. The number of methoxy groups -OCH3 is 1. The summed E-state index contributed by atoms with van der Waals surface area (Å²) >= 11 is 8.01. The zero-order valence-electron chi connectivity index (χ0n) is 17.1. The van der Waals surface area contributed by atoms with Gasteiger partial charge in [-0.3, -0.25) is 9.59 Å². The average molecular weight is 449 g/mol. The van der Waals surface area contributed by atoms with E-state index in [0.717, 1.165) is 21.9 Å². The molecule has 1 N–H and O–H groups in total. The quantitative estimate of drug-likeness (QED) is 0.652. The number of rotatable bonds is 8. The molecule has 2 amide bonds. The molecule has 0 aliphatic carbocycles. The zero-order valence-corrected chi connectivity index (χ0v) is 18.6. The summed E-state index contributed by atoms with van der Waals surface area (Å²) in [5, 5.41) is 3.27. The predicted octanol–water partition coefficient (Wildman–Crippen LogP) is 4.28. The number of nitrogens with zero attached hydrogens (tertiary/aromatic N) is 1. The lowest BCUT2D eigenvalue weighted by atomic mass is 10.2. The van der Waals surface area contributed by atoms with Gasteiger partial charge in [0, 0.05) is 36.6 Å². The summed E-state index contributed by atoms with van der Waals surface area (Å²) in [6.07, 6.45) is 0.296. The van der Waals surface area contributed by atoms with Crippen LogP contribution < -0.4 is 19.7 Å². The molecule has 1 aliphatic heterocycles. The van der Waals surface area contributed by atoms with Crippen molar-refractivity contribution < 1.29 is 19.1 Å². The van der Waals surface area contributed by atoms with E-state index in [1.165, 1.54) is 0 Å². The Kier molecular flexibility index (Phi) is 7.87. The van der Waals surface area contributed by atoms with Gasteiger partial charge in [-0.15, -0.1) is 11.8 Å². The van der Waals surface area contributed by atoms with Crippen LogP contribution in [0.1, 0.15) is 25.3 Å². The standard InChI is InChI=1S/C22H25ClN2O4S/c1-3-29-22-16(23)12-15(13-18(22)28-2)14-24-20(26)8-9-21(27)25-10-11-30-19-7-5-4-6-17(19)25/h4-7,12-13H,3,8-11,14H2,1-2H3,(H,24,26). The van der Waals surface area contributed by atoms with Crippen molar-refractivity contribution in [2.24, 2.45) is 0 Å². The number of amides is 2. The maximum Gasteiger partial charge on any atom is 0.227 e. The number of carbonyl (C=O) groups excluding carboxylic acids is 2. The van der Waals surface area contributed by atoms with Crippen molar-refractivity contribution in [1.82, 2.24) is 5.32 Å². The smallest absolute Gasteiger partial charge is 0.227 e. The van der Waals surface area contributed by atoms with Gasteiger partial charge >= 0.3 is 0 Å². The number of benzene rings is 2. The third-order valence-corrected chi connectivity index (χ3v) is 5.99. The molecular formula is C22H25ClN2O4S. The van der Waals surface area contributed by atoms with E-state index in [4.69, 9.17) is 21.1 Å². The molecule has 0 unspecified atom stereocenters. The number of ether oxygens (including phenoxy) is 2. The second-order valence-electron chi connectivity index (χ2n) is 6.68. The molecule has 0 saturated carbocycles. The third kappa shape index (κ3) is 5.40. The van der Waals surface area contributed by atoms with Gasteiger partial charge in [0.15, 0.2) is 11.5 Å². The Morgan fingerprint density at radius 3 is 2.80 bits per heavy atom. The van der Waals surface area contributed by atoms with Crippen LogP contribution in [0.25, 0.3) is 0 Å². The number of halogens is 1. The highest BCUT2D eigenvalue weighted by Gasteiger charge is 2.23. The second kappa shape index (κ2) is 10.6. The number of para-hydroxylation sites is 1. The van der Waals surface area contributed by atoms with Crippen molar-refractivity contribution in [3.05, 3.63) is 47.0 Å². The van der Waals surface area contributed by atoms with Crippen LogP contribution in [-0.4, -0.2) is 37.8 Å². The molecule has 0 spiro atoms. The Morgan fingerprint density at radius 1 is 1.23 bits per heavy atom. The number of anilines is 1.